The zero-order chi connectivity index (χ0) is 22.0. The largest absolute Gasteiger partial charge is 0.338 e. The molecule has 0 bridgehead atoms. The summed E-state index contributed by atoms with van der Waals surface area (Å²) in [7, 11) is -3.84. The van der Waals surface area contributed by atoms with Crippen LogP contribution >= 0.6 is 0 Å². The number of aromatic nitrogens is 4. The number of imidazole rings is 1. The van der Waals surface area contributed by atoms with Gasteiger partial charge in [0.2, 0.25) is 11.0 Å². The molecule has 9 nitrogen and oxygen atoms in total. The molecule has 1 aliphatic rings. The van der Waals surface area contributed by atoms with E-state index in [4.69, 9.17) is 4.52 Å². The molecule has 166 valence electrons. The third-order valence-electron chi connectivity index (χ3n) is 5.60. The Balaban J connectivity index is 1.33. The van der Waals surface area contributed by atoms with Crippen LogP contribution in [0.2, 0.25) is 0 Å². The number of rotatable bonds is 7. The summed E-state index contributed by atoms with van der Waals surface area (Å²) in [5, 5.41) is 7.32. The summed E-state index contributed by atoms with van der Waals surface area (Å²) < 4.78 is 33.7. The summed E-state index contributed by atoms with van der Waals surface area (Å²) in [4.78, 5) is 11.7. The molecule has 2 aromatic heterocycles. The Bertz CT molecular complexity index is 1270. The summed E-state index contributed by atoms with van der Waals surface area (Å²) in [6, 6.07) is 16.8. The Labute approximate surface area is 185 Å². The summed E-state index contributed by atoms with van der Waals surface area (Å²) in [5.74, 6) is 0.823. The van der Waals surface area contributed by atoms with E-state index in [2.05, 4.69) is 25.4 Å². The number of aromatic amines is 1. The molecule has 1 fully saturated rings. The second-order valence-corrected chi connectivity index (χ2v) is 9.63. The second kappa shape index (κ2) is 8.81. The maximum absolute atomic E-state index is 13.4. The highest BCUT2D eigenvalue weighted by atomic mass is 32.2. The monoisotopic (exact) mass is 452 g/mol. The maximum Gasteiger partial charge on any atom is 0.277 e. The van der Waals surface area contributed by atoms with Crippen molar-refractivity contribution >= 4 is 21.1 Å². The van der Waals surface area contributed by atoms with Gasteiger partial charge < -0.3 is 14.8 Å². The highest BCUT2D eigenvalue weighted by Gasteiger charge is 2.38. The molecule has 0 saturated carbocycles. The highest BCUT2D eigenvalue weighted by molar-refractivity contribution is 7.89. The van der Waals surface area contributed by atoms with Crippen molar-refractivity contribution in [2.24, 2.45) is 0 Å². The number of hydrogen-bond acceptors (Lipinski definition) is 7. The van der Waals surface area contributed by atoms with Gasteiger partial charge in [-0.2, -0.15) is 9.29 Å². The van der Waals surface area contributed by atoms with Gasteiger partial charge in [-0.1, -0.05) is 54.0 Å². The van der Waals surface area contributed by atoms with Gasteiger partial charge >= 0.3 is 0 Å². The van der Waals surface area contributed by atoms with Crippen molar-refractivity contribution in [3.05, 3.63) is 71.9 Å². The van der Waals surface area contributed by atoms with Crippen molar-refractivity contribution in [1.29, 1.82) is 0 Å². The Morgan fingerprint density at radius 3 is 2.69 bits per heavy atom. The van der Waals surface area contributed by atoms with E-state index in [1.165, 1.54) is 4.31 Å². The van der Waals surface area contributed by atoms with E-state index in [-0.39, 0.29) is 5.16 Å². The molecular weight excluding hydrogens is 428 g/mol. The molecule has 1 unspecified atom stereocenters. The van der Waals surface area contributed by atoms with Crippen LogP contribution in [0.25, 0.3) is 11.0 Å². The lowest BCUT2D eigenvalue weighted by atomic mass is 10.0. The zero-order valence-electron chi connectivity index (χ0n) is 17.4. The van der Waals surface area contributed by atoms with Gasteiger partial charge in [0.15, 0.2) is 5.82 Å². The van der Waals surface area contributed by atoms with Crippen LogP contribution in [-0.2, 0) is 23.1 Å². The minimum atomic E-state index is -3.84. The predicted molar refractivity (Wildman–Crippen MR) is 118 cm³/mol. The number of fused-ring (bicyclic) bond motifs is 1. The first-order valence-electron chi connectivity index (χ1n) is 10.6. The fourth-order valence-electron chi connectivity index (χ4n) is 4.00. The Hall–Kier alpha value is -3.08. The molecule has 1 atom stereocenters. The number of piperidine rings is 1. The highest BCUT2D eigenvalue weighted by Crippen LogP contribution is 2.34. The van der Waals surface area contributed by atoms with E-state index in [0.717, 1.165) is 18.4 Å². The molecule has 32 heavy (non-hydrogen) atoms. The van der Waals surface area contributed by atoms with Crippen molar-refractivity contribution in [1.82, 2.24) is 29.7 Å². The number of nitrogens with zero attached hydrogens (tertiary/aromatic N) is 4. The molecule has 4 aromatic rings. The van der Waals surface area contributed by atoms with Crippen LogP contribution in [0.1, 0.15) is 42.6 Å². The molecular formula is C22H24N6O3S. The standard InChI is InChI=1S/C22H24N6O3S/c29-32(30,22-24-17-10-4-5-11-18(17)25-22)28-13-7-6-12-19(28)21-26-20(31-27-21)15-23-14-16-8-2-1-3-9-16/h1-5,8-11,19,23H,6-7,12-15H2,(H,24,25). The van der Waals surface area contributed by atoms with Gasteiger partial charge in [-0.25, -0.2) is 13.4 Å². The molecule has 0 aliphatic carbocycles. The minimum absolute atomic E-state index is 0.0566. The summed E-state index contributed by atoms with van der Waals surface area (Å²) in [5.41, 5.74) is 2.46. The number of para-hydroxylation sites is 2. The minimum Gasteiger partial charge on any atom is -0.338 e. The van der Waals surface area contributed by atoms with E-state index in [0.29, 0.717) is 48.8 Å². The van der Waals surface area contributed by atoms with Gasteiger partial charge in [0.05, 0.1) is 23.6 Å². The maximum atomic E-state index is 13.4. The second-order valence-electron chi connectivity index (χ2n) is 7.82. The van der Waals surface area contributed by atoms with E-state index >= 15 is 0 Å². The average Bonchev–Trinajstić information content (AvgIpc) is 3.47. The van der Waals surface area contributed by atoms with Gasteiger partial charge in [-0.3, -0.25) is 0 Å². The first kappa shape index (κ1) is 20.8. The Kier molecular flexibility index (Phi) is 5.73. The van der Waals surface area contributed by atoms with Gasteiger partial charge in [0, 0.05) is 13.1 Å². The van der Waals surface area contributed by atoms with E-state index in [1.807, 2.05) is 48.5 Å². The number of hydrogen-bond donors (Lipinski definition) is 2. The molecule has 2 aromatic carbocycles. The van der Waals surface area contributed by atoms with Gasteiger partial charge in [-0.15, -0.1) is 0 Å². The third-order valence-corrected chi connectivity index (χ3v) is 7.34. The summed E-state index contributed by atoms with van der Waals surface area (Å²) in [6.07, 6.45) is 2.31. The van der Waals surface area contributed by atoms with E-state index < -0.39 is 16.1 Å². The molecule has 2 N–H and O–H groups in total. The average molecular weight is 453 g/mol. The quantitative estimate of drug-likeness (QED) is 0.442. The smallest absolute Gasteiger partial charge is 0.277 e. The number of benzene rings is 2. The SMILES string of the molecule is O=S(=O)(c1nc2ccccc2[nH]1)N1CCCCC1c1noc(CNCc2ccccc2)n1. The van der Waals surface area contributed by atoms with Crippen LogP contribution in [0.5, 0.6) is 0 Å². The van der Waals surface area contributed by atoms with Crippen LogP contribution < -0.4 is 5.32 Å². The third kappa shape index (κ3) is 4.16. The normalized spacial score (nSPS) is 17.7. The van der Waals surface area contributed by atoms with Gasteiger partial charge in [-0.05, 0) is 30.5 Å². The first-order chi connectivity index (χ1) is 15.6. The van der Waals surface area contributed by atoms with Crippen LogP contribution in [0.4, 0.5) is 0 Å². The number of H-pyrrole nitrogens is 1. The van der Waals surface area contributed by atoms with Crippen molar-refractivity contribution < 1.29 is 12.9 Å². The molecule has 1 saturated heterocycles. The van der Waals surface area contributed by atoms with Gasteiger partial charge in [0.25, 0.3) is 10.0 Å². The lowest BCUT2D eigenvalue weighted by Crippen LogP contribution is -2.39. The van der Waals surface area contributed by atoms with Crippen LogP contribution in [0.15, 0.2) is 64.3 Å². The molecule has 10 heteroatoms. The van der Waals surface area contributed by atoms with Crippen molar-refractivity contribution in [3.8, 4) is 0 Å². The van der Waals surface area contributed by atoms with E-state index in [9.17, 15) is 8.42 Å². The molecule has 5 rings (SSSR count). The van der Waals surface area contributed by atoms with E-state index in [1.54, 1.807) is 6.07 Å². The number of sulfonamides is 1. The van der Waals surface area contributed by atoms with Crippen molar-refractivity contribution in [2.45, 2.75) is 43.6 Å². The lowest BCUT2D eigenvalue weighted by Gasteiger charge is -2.31. The fourth-order valence-corrected chi connectivity index (χ4v) is 5.58. The molecule has 1 aliphatic heterocycles. The molecule has 0 amide bonds. The Morgan fingerprint density at radius 2 is 1.84 bits per heavy atom. The van der Waals surface area contributed by atoms with Crippen LogP contribution in [0, 0.1) is 0 Å². The number of nitrogens with one attached hydrogen (secondary N) is 2. The topological polar surface area (TPSA) is 117 Å². The first-order valence-corrected chi connectivity index (χ1v) is 12.1. The fraction of sp³-hybridized carbons (Fsp3) is 0.318. The predicted octanol–water partition coefficient (Wildman–Crippen LogP) is 3.15. The summed E-state index contributed by atoms with van der Waals surface area (Å²) in [6.45, 7) is 1.47. The zero-order valence-corrected chi connectivity index (χ0v) is 18.3. The lowest BCUT2D eigenvalue weighted by molar-refractivity contribution is 0.239. The van der Waals surface area contributed by atoms with Crippen molar-refractivity contribution in [2.75, 3.05) is 6.54 Å². The molecule has 0 spiro atoms. The van der Waals surface area contributed by atoms with Gasteiger partial charge in [0.1, 0.15) is 0 Å². The molecule has 0 radical (unpaired) electrons. The van der Waals surface area contributed by atoms with Crippen LogP contribution in [0.3, 0.4) is 0 Å². The summed E-state index contributed by atoms with van der Waals surface area (Å²) >= 11 is 0. The Morgan fingerprint density at radius 1 is 1.03 bits per heavy atom. The molecule has 3 heterocycles. The van der Waals surface area contributed by atoms with Crippen molar-refractivity contribution in [3.63, 3.8) is 0 Å². The van der Waals surface area contributed by atoms with Crippen LogP contribution in [-0.4, -0.2) is 39.4 Å².